The predicted octanol–water partition coefficient (Wildman–Crippen LogP) is -0.438. The van der Waals surface area contributed by atoms with Gasteiger partial charge >= 0.3 is 11.4 Å². The van der Waals surface area contributed by atoms with Crippen molar-refractivity contribution in [1.82, 2.24) is 29.9 Å². The van der Waals surface area contributed by atoms with Crippen molar-refractivity contribution >= 4 is 5.71 Å². The van der Waals surface area contributed by atoms with Gasteiger partial charge < -0.3 is 19.8 Å². The zero-order valence-electron chi connectivity index (χ0n) is 23.2. The SMILES string of the molecule is C[C@H](O/N=C1/[C@H]2CCn3c(=O)n(-c4ccccc4)c(=O)n3[C@H]2[C@H](O)[C@@H]2O[C@H]12)C1CN([C@H](CO)Cc2ccccc2)NN1. The summed E-state index contributed by atoms with van der Waals surface area (Å²) in [5.74, 6) is -0.324. The van der Waals surface area contributed by atoms with Crippen LogP contribution >= 0.6 is 0 Å². The number of para-hydroxylation sites is 1. The van der Waals surface area contributed by atoms with Gasteiger partial charge in [0.15, 0.2) is 0 Å². The van der Waals surface area contributed by atoms with E-state index in [-0.39, 0.29) is 36.8 Å². The molecule has 1 unspecified atom stereocenters. The first kappa shape index (κ1) is 27.3. The maximum absolute atomic E-state index is 13.6. The first-order chi connectivity index (χ1) is 20.5. The Bertz CT molecular complexity index is 1570. The fraction of sp³-hybridized carbons (Fsp3) is 0.483. The minimum absolute atomic E-state index is 0.00389. The lowest BCUT2D eigenvalue weighted by molar-refractivity contribution is 0.0257. The van der Waals surface area contributed by atoms with Crippen LogP contribution in [0.15, 0.2) is 75.4 Å². The second kappa shape index (κ2) is 10.9. The highest BCUT2D eigenvalue weighted by Gasteiger charge is 2.61. The fourth-order valence-corrected chi connectivity index (χ4v) is 6.59. The summed E-state index contributed by atoms with van der Waals surface area (Å²) in [7, 11) is 0. The highest BCUT2D eigenvalue weighted by molar-refractivity contribution is 5.94. The van der Waals surface area contributed by atoms with Gasteiger partial charge in [-0.3, -0.25) is 0 Å². The van der Waals surface area contributed by atoms with Crippen LogP contribution in [0.1, 0.15) is 24.9 Å². The second-order valence-corrected chi connectivity index (χ2v) is 11.5. The van der Waals surface area contributed by atoms with Crippen LogP contribution in [0, 0.1) is 5.92 Å². The molecule has 1 aliphatic carbocycles. The maximum Gasteiger partial charge on any atom is 0.352 e. The van der Waals surface area contributed by atoms with E-state index < -0.39 is 29.6 Å². The number of hydrogen-bond acceptors (Lipinski definition) is 10. The van der Waals surface area contributed by atoms with Crippen molar-refractivity contribution in [3.63, 3.8) is 0 Å². The number of oxime groups is 1. The first-order valence-electron chi connectivity index (χ1n) is 14.5. The summed E-state index contributed by atoms with van der Waals surface area (Å²) in [5, 5.41) is 27.8. The summed E-state index contributed by atoms with van der Waals surface area (Å²) >= 11 is 0. The molecule has 0 spiro atoms. The Morgan fingerprint density at radius 3 is 2.57 bits per heavy atom. The molecule has 3 fully saturated rings. The van der Waals surface area contributed by atoms with Crippen LogP contribution < -0.4 is 22.3 Å². The molecule has 13 heteroatoms. The average molecular weight is 578 g/mol. The summed E-state index contributed by atoms with van der Waals surface area (Å²) in [4.78, 5) is 32.8. The molecule has 13 nitrogen and oxygen atoms in total. The number of epoxide rings is 1. The molecular weight excluding hydrogens is 542 g/mol. The first-order valence-corrected chi connectivity index (χ1v) is 14.5. The molecule has 3 aromatic rings. The molecule has 8 atom stereocenters. The molecule has 0 bridgehead atoms. The molecule has 222 valence electrons. The highest BCUT2D eigenvalue weighted by atomic mass is 16.6. The van der Waals surface area contributed by atoms with Gasteiger partial charge in [-0.15, -0.1) is 0 Å². The predicted molar refractivity (Wildman–Crippen MR) is 152 cm³/mol. The topological polar surface area (TPSA) is 151 Å². The maximum atomic E-state index is 13.6. The van der Waals surface area contributed by atoms with Crippen LogP contribution in [0.25, 0.3) is 5.69 Å². The monoisotopic (exact) mass is 577 g/mol. The standard InChI is InChI=1S/C29H35N7O6/c1-17(22-15-33(32-30-22)20(16-37)14-18-8-4-2-5-9-18)42-31-23-21-12-13-34-28(39)35(19-10-6-3-7-11-19)29(40)36(34)24(21)25(38)27-26(23)41-27/h2-11,17,20-22,24-27,30,32,37-38H,12-16H2,1H3/b31-23-/t17-,20-,21+,22?,24+,25-,26+,27-/m0/s1. The van der Waals surface area contributed by atoms with Crippen molar-refractivity contribution in [1.29, 1.82) is 0 Å². The lowest BCUT2D eigenvalue weighted by Gasteiger charge is -2.38. The van der Waals surface area contributed by atoms with E-state index in [2.05, 4.69) is 16.1 Å². The van der Waals surface area contributed by atoms with E-state index >= 15 is 0 Å². The fourth-order valence-electron chi connectivity index (χ4n) is 6.59. The van der Waals surface area contributed by atoms with E-state index in [0.717, 1.165) is 10.1 Å². The number of benzene rings is 2. The van der Waals surface area contributed by atoms with E-state index in [4.69, 9.17) is 9.57 Å². The molecule has 4 aliphatic rings. The number of hydrazine groups is 2. The molecule has 0 amide bonds. The zero-order valence-corrected chi connectivity index (χ0v) is 23.2. The highest BCUT2D eigenvalue weighted by Crippen LogP contribution is 2.46. The van der Waals surface area contributed by atoms with Crippen LogP contribution in [0.3, 0.4) is 0 Å². The smallest absolute Gasteiger partial charge is 0.352 e. The Morgan fingerprint density at radius 1 is 1.10 bits per heavy atom. The number of fused-ring (bicyclic) bond motifs is 4. The molecule has 2 aromatic carbocycles. The molecular formula is C29H35N7O6. The van der Waals surface area contributed by atoms with Crippen molar-refractivity contribution in [3.05, 3.63) is 87.2 Å². The number of nitrogens with one attached hydrogen (secondary N) is 2. The molecule has 4 heterocycles. The van der Waals surface area contributed by atoms with Gasteiger partial charge in [-0.1, -0.05) is 53.7 Å². The summed E-state index contributed by atoms with van der Waals surface area (Å²) in [6.07, 6.45) is -0.980. The molecule has 7 rings (SSSR count). The van der Waals surface area contributed by atoms with Crippen molar-refractivity contribution in [2.75, 3.05) is 13.2 Å². The lowest BCUT2D eigenvalue weighted by atomic mass is 9.78. The second-order valence-electron chi connectivity index (χ2n) is 11.5. The number of nitrogens with zero attached hydrogens (tertiary/aromatic N) is 5. The van der Waals surface area contributed by atoms with Gasteiger partial charge in [0, 0.05) is 19.0 Å². The number of aromatic nitrogens is 3. The molecule has 2 saturated heterocycles. The third kappa shape index (κ3) is 4.62. The molecule has 1 saturated carbocycles. The minimum Gasteiger partial charge on any atom is -0.395 e. The van der Waals surface area contributed by atoms with Gasteiger partial charge in [0.1, 0.15) is 24.4 Å². The van der Waals surface area contributed by atoms with E-state index in [1.165, 1.54) is 9.36 Å². The number of aliphatic hydroxyl groups is 2. The van der Waals surface area contributed by atoms with Gasteiger partial charge in [0.2, 0.25) is 0 Å². The minimum atomic E-state index is -0.957. The van der Waals surface area contributed by atoms with Gasteiger partial charge in [0.25, 0.3) is 0 Å². The number of rotatable bonds is 8. The molecule has 1 aromatic heterocycles. The Labute approximate surface area is 241 Å². The normalized spacial score (nSPS) is 30.8. The van der Waals surface area contributed by atoms with Gasteiger partial charge in [0.05, 0.1) is 36.1 Å². The Kier molecular flexibility index (Phi) is 7.08. The van der Waals surface area contributed by atoms with E-state index in [1.54, 1.807) is 24.3 Å². The number of hydrogen-bond donors (Lipinski definition) is 4. The zero-order chi connectivity index (χ0) is 29.0. The summed E-state index contributed by atoms with van der Waals surface area (Å²) in [6.45, 7) is 2.81. The van der Waals surface area contributed by atoms with Crippen molar-refractivity contribution in [2.24, 2.45) is 11.1 Å². The van der Waals surface area contributed by atoms with Gasteiger partial charge in [-0.05, 0) is 37.5 Å². The number of ether oxygens (including phenoxy) is 1. The summed E-state index contributed by atoms with van der Waals surface area (Å²) < 4.78 is 9.76. The van der Waals surface area contributed by atoms with E-state index in [0.29, 0.717) is 37.3 Å². The Balaban J connectivity index is 1.08. The lowest BCUT2D eigenvalue weighted by Crippen LogP contribution is -2.53. The Morgan fingerprint density at radius 2 is 1.83 bits per heavy atom. The third-order valence-electron chi connectivity index (χ3n) is 8.95. The van der Waals surface area contributed by atoms with Crippen LogP contribution in [-0.2, 0) is 22.5 Å². The van der Waals surface area contributed by atoms with Gasteiger partial charge in [-0.2, -0.15) is 5.53 Å². The molecule has 0 radical (unpaired) electrons. The van der Waals surface area contributed by atoms with Crippen LogP contribution in [0.2, 0.25) is 0 Å². The molecule has 4 N–H and O–H groups in total. The third-order valence-corrected chi connectivity index (χ3v) is 8.95. The van der Waals surface area contributed by atoms with E-state index in [1.807, 2.05) is 48.3 Å². The average Bonchev–Trinajstić information content (AvgIpc) is 3.59. The van der Waals surface area contributed by atoms with E-state index in [9.17, 15) is 19.8 Å². The van der Waals surface area contributed by atoms with Crippen molar-refractivity contribution in [2.45, 2.75) is 68.9 Å². The molecule has 42 heavy (non-hydrogen) atoms. The molecule has 3 aliphatic heterocycles. The summed E-state index contributed by atoms with van der Waals surface area (Å²) in [6, 6.07) is 17.9. The Hall–Kier alpha value is -3.59. The van der Waals surface area contributed by atoms with Crippen molar-refractivity contribution < 1.29 is 19.8 Å². The number of aliphatic hydroxyl groups excluding tert-OH is 2. The van der Waals surface area contributed by atoms with Crippen LogP contribution in [-0.4, -0.2) is 84.5 Å². The van der Waals surface area contributed by atoms with Crippen LogP contribution in [0.5, 0.6) is 0 Å². The van der Waals surface area contributed by atoms with Crippen molar-refractivity contribution in [3.8, 4) is 5.69 Å². The summed E-state index contributed by atoms with van der Waals surface area (Å²) in [5.41, 5.74) is 7.75. The van der Waals surface area contributed by atoms with Gasteiger partial charge in [-0.25, -0.2) is 34.0 Å². The largest absolute Gasteiger partial charge is 0.395 e. The van der Waals surface area contributed by atoms with Crippen LogP contribution in [0.4, 0.5) is 0 Å². The quantitative estimate of drug-likeness (QED) is 0.206.